The van der Waals surface area contributed by atoms with Crippen LogP contribution in [0.1, 0.15) is 71.1 Å². The molecule has 3 aliphatic rings. The number of carbonyl (C=O) groups excluding carboxylic acids is 1. The molecule has 0 radical (unpaired) electrons. The maximum atomic E-state index is 11.1. The van der Waals surface area contributed by atoms with E-state index >= 15 is 0 Å². The molecule has 2 aliphatic carbocycles. The predicted octanol–water partition coefficient (Wildman–Crippen LogP) is 2.49. The molecule has 1 atom stereocenters. The van der Waals surface area contributed by atoms with E-state index in [0.717, 1.165) is 51.7 Å². The minimum absolute atomic E-state index is 0.0895. The maximum absolute atomic E-state index is 11.1. The van der Waals surface area contributed by atoms with Gasteiger partial charge in [-0.2, -0.15) is 0 Å². The zero-order chi connectivity index (χ0) is 16.1. The molecule has 3 fully saturated rings. The second-order valence-electron chi connectivity index (χ2n) is 7.53. The highest BCUT2D eigenvalue weighted by Crippen LogP contribution is 2.36. The summed E-state index contributed by atoms with van der Waals surface area (Å²) in [7, 11) is 0. The zero-order valence-electron chi connectivity index (χ0n) is 14.4. The van der Waals surface area contributed by atoms with Gasteiger partial charge in [-0.25, -0.2) is 0 Å². The normalized spacial score (nSPS) is 34.2. The van der Waals surface area contributed by atoms with E-state index < -0.39 is 0 Å². The van der Waals surface area contributed by atoms with Gasteiger partial charge in [-0.05, 0) is 38.5 Å². The number of hydrogen-bond acceptors (Lipinski definition) is 4. The number of carbonyl (C=O) groups is 1. The molecule has 5 nitrogen and oxygen atoms in total. The Labute approximate surface area is 139 Å². The van der Waals surface area contributed by atoms with Crippen molar-refractivity contribution in [2.75, 3.05) is 13.2 Å². The summed E-state index contributed by atoms with van der Waals surface area (Å²) in [6, 6.07) is 0.917. The SMILES string of the molecule is CC(=O)NC1CCC(NCC2COC3(CCCCCC3)O2)CC1. The molecule has 2 saturated carbocycles. The average Bonchev–Trinajstić information content (AvgIpc) is 2.78. The Bertz CT molecular complexity index is 386. The van der Waals surface area contributed by atoms with Crippen molar-refractivity contribution in [3.63, 3.8) is 0 Å². The van der Waals surface area contributed by atoms with Gasteiger partial charge in [0.2, 0.25) is 5.91 Å². The van der Waals surface area contributed by atoms with Gasteiger partial charge in [0.1, 0.15) is 0 Å². The van der Waals surface area contributed by atoms with Crippen molar-refractivity contribution in [2.24, 2.45) is 0 Å². The van der Waals surface area contributed by atoms with Gasteiger partial charge in [-0.3, -0.25) is 4.79 Å². The second kappa shape index (κ2) is 7.95. The van der Waals surface area contributed by atoms with E-state index in [0.29, 0.717) is 12.1 Å². The molecule has 132 valence electrons. The van der Waals surface area contributed by atoms with E-state index in [2.05, 4.69) is 10.6 Å². The summed E-state index contributed by atoms with van der Waals surface area (Å²) in [5, 5.41) is 6.69. The summed E-state index contributed by atoms with van der Waals surface area (Å²) < 4.78 is 12.4. The van der Waals surface area contributed by atoms with Gasteiger partial charge in [0.15, 0.2) is 5.79 Å². The van der Waals surface area contributed by atoms with E-state index in [1.54, 1.807) is 6.92 Å². The van der Waals surface area contributed by atoms with E-state index in [1.807, 2.05) is 0 Å². The second-order valence-corrected chi connectivity index (χ2v) is 7.53. The Hall–Kier alpha value is -0.650. The first-order valence-electron chi connectivity index (χ1n) is 9.47. The van der Waals surface area contributed by atoms with Crippen LogP contribution in [0.3, 0.4) is 0 Å². The van der Waals surface area contributed by atoms with Gasteiger partial charge in [-0.15, -0.1) is 0 Å². The van der Waals surface area contributed by atoms with Gasteiger partial charge in [0.05, 0.1) is 12.7 Å². The van der Waals surface area contributed by atoms with Crippen LogP contribution in [0.25, 0.3) is 0 Å². The fourth-order valence-corrected chi connectivity index (χ4v) is 4.27. The summed E-state index contributed by atoms with van der Waals surface area (Å²) in [5.41, 5.74) is 0. The third kappa shape index (κ3) is 4.91. The molecule has 23 heavy (non-hydrogen) atoms. The van der Waals surface area contributed by atoms with E-state index in [1.165, 1.54) is 25.7 Å². The molecule has 0 aromatic carbocycles. The van der Waals surface area contributed by atoms with Crippen LogP contribution in [-0.4, -0.2) is 43.0 Å². The largest absolute Gasteiger partial charge is 0.354 e. The van der Waals surface area contributed by atoms with Crippen molar-refractivity contribution in [2.45, 2.75) is 95.1 Å². The first kappa shape index (κ1) is 17.2. The summed E-state index contributed by atoms with van der Waals surface area (Å²) in [6.07, 6.45) is 11.8. The lowest BCUT2D eigenvalue weighted by molar-refractivity contribution is -0.175. The fourth-order valence-electron chi connectivity index (χ4n) is 4.27. The van der Waals surface area contributed by atoms with Gasteiger partial charge >= 0.3 is 0 Å². The molecule has 1 amide bonds. The third-order valence-electron chi connectivity index (χ3n) is 5.55. The highest BCUT2D eigenvalue weighted by Gasteiger charge is 2.41. The van der Waals surface area contributed by atoms with Crippen molar-refractivity contribution in [1.29, 1.82) is 0 Å². The number of nitrogens with one attached hydrogen (secondary N) is 2. The summed E-state index contributed by atoms with van der Waals surface area (Å²) in [4.78, 5) is 11.1. The number of ether oxygens (including phenoxy) is 2. The number of hydrogen-bond donors (Lipinski definition) is 2. The van der Waals surface area contributed by atoms with Crippen molar-refractivity contribution in [3.05, 3.63) is 0 Å². The molecule has 0 aromatic heterocycles. The zero-order valence-corrected chi connectivity index (χ0v) is 14.4. The monoisotopic (exact) mass is 324 g/mol. The lowest BCUT2D eigenvalue weighted by atomic mass is 9.91. The highest BCUT2D eigenvalue weighted by molar-refractivity contribution is 5.73. The molecule has 5 heteroatoms. The first-order chi connectivity index (χ1) is 11.2. The summed E-state index contributed by atoms with van der Waals surface area (Å²) in [5.74, 6) is -0.182. The lowest BCUT2D eigenvalue weighted by Crippen LogP contribution is -2.44. The molecular formula is C18H32N2O3. The molecule has 0 aromatic rings. The van der Waals surface area contributed by atoms with Crippen LogP contribution in [-0.2, 0) is 14.3 Å². The molecule has 1 spiro atoms. The van der Waals surface area contributed by atoms with Crippen LogP contribution in [0.4, 0.5) is 0 Å². The van der Waals surface area contributed by atoms with Crippen LogP contribution in [0, 0.1) is 0 Å². The molecule has 1 unspecified atom stereocenters. The maximum Gasteiger partial charge on any atom is 0.217 e. The van der Waals surface area contributed by atoms with Gasteiger partial charge < -0.3 is 20.1 Å². The van der Waals surface area contributed by atoms with Crippen LogP contribution in [0.15, 0.2) is 0 Å². The van der Waals surface area contributed by atoms with Crippen molar-refractivity contribution >= 4 is 5.91 Å². The average molecular weight is 324 g/mol. The van der Waals surface area contributed by atoms with Crippen molar-refractivity contribution < 1.29 is 14.3 Å². The predicted molar refractivity (Wildman–Crippen MR) is 89.1 cm³/mol. The Morgan fingerprint density at radius 3 is 2.35 bits per heavy atom. The van der Waals surface area contributed by atoms with Crippen LogP contribution in [0.2, 0.25) is 0 Å². The number of amides is 1. The first-order valence-corrected chi connectivity index (χ1v) is 9.47. The summed E-state index contributed by atoms with van der Waals surface area (Å²) in [6.45, 7) is 3.22. The minimum Gasteiger partial charge on any atom is -0.354 e. The molecule has 0 bridgehead atoms. The molecular weight excluding hydrogens is 292 g/mol. The van der Waals surface area contributed by atoms with Crippen LogP contribution < -0.4 is 10.6 Å². The lowest BCUT2D eigenvalue weighted by Gasteiger charge is -2.30. The van der Waals surface area contributed by atoms with Gasteiger partial charge in [-0.1, -0.05) is 12.8 Å². The van der Waals surface area contributed by atoms with Crippen LogP contribution >= 0.6 is 0 Å². The molecule has 1 aliphatic heterocycles. The topological polar surface area (TPSA) is 59.6 Å². The van der Waals surface area contributed by atoms with Gasteiger partial charge in [0, 0.05) is 38.4 Å². The minimum atomic E-state index is -0.272. The molecule has 1 heterocycles. The van der Waals surface area contributed by atoms with Crippen molar-refractivity contribution in [3.8, 4) is 0 Å². The summed E-state index contributed by atoms with van der Waals surface area (Å²) >= 11 is 0. The molecule has 3 rings (SSSR count). The smallest absolute Gasteiger partial charge is 0.217 e. The highest BCUT2D eigenvalue weighted by atomic mass is 16.7. The van der Waals surface area contributed by atoms with Crippen molar-refractivity contribution in [1.82, 2.24) is 10.6 Å². The third-order valence-corrected chi connectivity index (χ3v) is 5.55. The van der Waals surface area contributed by atoms with Gasteiger partial charge in [0.25, 0.3) is 0 Å². The van der Waals surface area contributed by atoms with E-state index in [4.69, 9.17) is 9.47 Å². The van der Waals surface area contributed by atoms with E-state index in [9.17, 15) is 4.79 Å². The molecule has 1 saturated heterocycles. The van der Waals surface area contributed by atoms with E-state index in [-0.39, 0.29) is 17.8 Å². The fraction of sp³-hybridized carbons (Fsp3) is 0.944. The quantitative estimate of drug-likeness (QED) is 0.834. The Balaban J connectivity index is 1.36. The Morgan fingerprint density at radius 2 is 1.70 bits per heavy atom. The van der Waals surface area contributed by atoms with Crippen LogP contribution in [0.5, 0.6) is 0 Å². The molecule has 2 N–H and O–H groups in total. The standard InChI is InChI=1S/C18H32N2O3/c1-14(21)20-16-8-6-15(7-9-16)19-12-17-13-22-18(23-17)10-4-2-3-5-11-18/h15-17,19H,2-13H2,1H3,(H,20,21). The Morgan fingerprint density at radius 1 is 1.04 bits per heavy atom. The number of rotatable bonds is 4. The Kier molecular flexibility index (Phi) is 5.94.